The molecule has 7 nitrogen and oxygen atoms in total. The van der Waals surface area contributed by atoms with Gasteiger partial charge in [-0.2, -0.15) is 0 Å². The molecule has 0 radical (unpaired) electrons. The third kappa shape index (κ3) is 7.98. The van der Waals surface area contributed by atoms with Crippen LogP contribution in [-0.4, -0.2) is 72.6 Å². The van der Waals surface area contributed by atoms with Crippen molar-refractivity contribution in [3.05, 3.63) is 48.6 Å². The quantitative estimate of drug-likeness (QED) is 0.388. The summed E-state index contributed by atoms with van der Waals surface area (Å²) >= 11 is 0. The van der Waals surface area contributed by atoms with Crippen molar-refractivity contribution < 1.29 is 34.0 Å². The second kappa shape index (κ2) is 12.5. The van der Waals surface area contributed by atoms with E-state index in [1.807, 2.05) is 6.08 Å². The summed E-state index contributed by atoms with van der Waals surface area (Å²) < 4.78 is 22.3. The zero-order chi connectivity index (χ0) is 22.9. The third-order valence-corrected chi connectivity index (χ3v) is 6.00. The highest BCUT2D eigenvalue weighted by Gasteiger charge is 2.46. The monoisotopic (exact) mass is 448 g/mol. The van der Waals surface area contributed by atoms with Gasteiger partial charge >= 0.3 is 5.97 Å². The van der Waals surface area contributed by atoms with E-state index in [9.17, 15) is 15.0 Å². The summed E-state index contributed by atoms with van der Waals surface area (Å²) in [5.74, 6) is -0.530. The molecule has 7 heteroatoms. The Labute approximate surface area is 190 Å². The van der Waals surface area contributed by atoms with Gasteiger partial charge in [0, 0.05) is 19.6 Å². The van der Waals surface area contributed by atoms with Crippen LogP contribution < -0.4 is 0 Å². The minimum absolute atomic E-state index is 0.0688. The molecular formula is C25H36O7. The predicted octanol–water partition coefficient (Wildman–Crippen LogP) is 2.77. The van der Waals surface area contributed by atoms with Crippen LogP contribution in [0.15, 0.2) is 48.6 Å². The Balaban J connectivity index is 1.68. The molecule has 0 saturated carbocycles. The van der Waals surface area contributed by atoms with Gasteiger partial charge in [0.2, 0.25) is 0 Å². The van der Waals surface area contributed by atoms with Crippen molar-refractivity contribution in [1.29, 1.82) is 0 Å². The fraction of sp³-hybridized carbons (Fsp3) is 0.640. The Morgan fingerprint density at radius 3 is 2.97 bits per heavy atom. The van der Waals surface area contributed by atoms with Crippen LogP contribution in [0.5, 0.6) is 0 Å². The highest BCUT2D eigenvalue weighted by molar-refractivity contribution is 5.82. The Hall–Kier alpha value is -1.77. The summed E-state index contributed by atoms with van der Waals surface area (Å²) in [6.07, 6.45) is 12.5. The Bertz CT molecular complexity index is 713. The number of hydrogen-bond donors (Lipinski definition) is 2. The van der Waals surface area contributed by atoms with Crippen molar-refractivity contribution in [2.75, 3.05) is 13.7 Å². The van der Waals surface area contributed by atoms with Gasteiger partial charge in [-0.25, -0.2) is 4.79 Å². The first kappa shape index (κ1) is 24.9. The fourth-order valence-corrected chi connectivity index (χ4v) is 4.22. The van der Waals surface area contributed by atoms with E-state index >= 15 is 0 Å². The van der Waals surface area contributed by atoms with Gasteiger partial charge in [-0.3, -0.25) is 0 Å². The number of ether oxygens (including phenoxy) is 4. The molecule has 0 aromatic heterocycles. The van der Waals surface area contributed by atoms with E-state index in [-0.39, 0.29) is 24.4 Å². The molecular weight excluding hydrogens is 412 g/mol. The lowest BCUT2D eigenvalue weighted by Gasteiger charge is -2.25. The first-order valence-corrected chi connectivity index (χ1v) is 11.5. The number of esters is 1. The number of carbonyl (C=O) groups is 1. The largest absolute Gasteiger partial charge is 0.456 e. The van der Waals surface area contributed by atoms with Gasteiger partial charge in [0.15, 0.2) is 0 Å². The van der Waals surface area contributed by atoms with Crippen LogP contribution in [0.2, 0.25) is 0 Å². The van der Waals surface area contributed by atoms with E-state index in [4.69, 9.17) is 18.9 Å². The average Bonchev–Trinajstić information content (AvgIpc) is 3.52. The summed E-state index contributed by atoms with van der Waals surface area (Å²) in [5.41, 5.74) is 0.990. The van der Waals surface area contributed by atoms with Gasteiger partial charge < -0.3 is 29.2 Å². The molecule has 7 atom stereocenters. The number of aliphatic hydroxyl groups excluding tert-OH is 2. The Morgan fingerprint density at radius 2 is 2.16 bits per heavy atom. The van der Waals surface area contributed by atoms with Crippen LogP contribution in [0.1, 0.15) is 44.9 Å². The highest BCUT2D eigenvalue weighted by atomic mass is 16.6. The summed E-state index contributed by atoms with van der Waals surface area (Å²) in [6, 6.07) is 0. The van der Waals surface area contributed by atoms with Crippen molar-refractivity contribution >= 4 is 5.97 Å². The summed E-state index contributed by atoms with van der Waals surface area (Å²) in [6.45, 7) is 4.46. The van der Waals surface area contributed by atoms with Gasteiger partial charge in [0.05, 0.1) is 31.0 Å². The van der Waals surface area contributed by atoms with E-state index in [1.54, 1.807) is 25.3 Å². The highest BCUT2D eigenvalue weighted by Crippen LogP contribution is 2.34. The molecule has 1 fully saturated rings. The lowest BCUT2D eigenvalue weighted by Crippen LogP contribution is -2.32. The zero-order valence-corrected chi connectivity index (χ0v) is 18.8. The second-order valence-corrected chi connectivity index (χ2v) is 8.74. The number of methoxy groups -OCH3 is 1. The molecule has 0 aliphatic carbocycles. The maximum absolute atomic E-state index is 12.4. The van der Waals surface area contributed by atoms with E-state index in [1.165, 1.54) is 6.08 Å². The topological polar surface area (TPSA) is 97.8 Å². The maximum Gasteiger partial charge on any atom is 0.330 e. The first-order chi connectivity index (χ1) is 15.5. The number of carbonyl (C=O) groups excluding carboxylic acids is 1. The van der Waals surface area contributed by atoms with E-state index in [2.05, 4.69) is 12.7 Å². The molecule has 2 N–H and O–H groups in total. The van der Waals surface area contributed by atoms with E-state index in [0.717, 1.165) is 31.3 Å². The number of rotatable bonds is 4. The zero-order valence-electron chi connectivity index (χ0n) is 18.8. The lowest BCUT2D eigenvalue weighted by molar-refractivity contribution is -0.148. The molecule has 0 aromatic carbocycles. The molecule has 0 aromatic rings. The van der Waals surface area contributed by atoms with E-state index in [0.29, 0.717) is 25.9 Å². The summed E-state index contributed by atoms with van der Waals surface area (Å²) in [4.78, 5) is 12.4. The molecule has 3 aliphatic rings. The molecule has 3 heterocycles. The third-order valence-electron chi connectivity index (χ3n) is 6.00. The van der Waals surface area contributed by atoms with Gasteiger partial charge in [0.1, 0.15) is 18.3 Å². The average molecular weight is 449 g/mol. The molecule has 32 heavy (non-hydrogen) atoms. The number of aliphatic hydroxyl groups is 2. The molecule has 3 rings (SSSR count). The smallest absolute Gasteiger partial charge is 0.330 e. The molecule has 0 amide bonds. The number of cyclic esters (lactones) is 1. The number of fused-ring (bicyclic) bond motifs is 3. The second-order valence-electron chi connectivity index (χ2n) is 8.74. The maximum atomic E-state index is 12.4. The van der Waals surface area contributed by atoms with Crippen molar-refractivity contribution in [2.45, 2.75) is 87.7 Å². The molecule has 178 valence electrons. The van der Waals surface area contributed by atoms with Gasteiger partial charge in [-0.1, -0.05) is 42.5 Å². The Kier molecular flexibility index (Phi) is 9.69. The summed E-state index contributed by atoms with van der Waals surface area (Å²) in [7, 11) is 1.56. The van der Waals surface area contributed by atoms with Crippen molar-refractivity contribution in [2.24, 2.45) is 0 Å². The van der Waals surface area contributed by atoms with Crippen LogP contribution in [0.3, 0.4) is 0 Å². The molecule has 1 saturated heterocycles. The van der Waals surface area contributed by atoms with Gasteiger partial charge in [0.25, 0.3) is 0 Å². The van der Waals surface area contributed by atoms with Crippen LogP contribution in [-0.2, 0) is 23.7 Å². The van der Waals surface area contributed by atoms with Crippen LogP contribution in [0.4, 0.5) is 0 Å². The lowest BCUT2D eigenvalue weighted by atomic mass is 9.97. The van der Waals surface area contributed by atoms with Crippen LogP contribution in [0.25, 0.3) is 0 Å². The minimum Gasteiger partial charge on any atom is -0.456 e. The fourth-order valence-electron chi connectivity index (χ4n) is 4.22. The molecule has 2 bridgehead atoms. The number of hydrogen-bond acceptors (Lipinski definition) is 7. The molecule has 0 spiro atoms. The predicted molar refractivity (Wildman–Crippen MR) is 120 cm³/mol. The Morgan fingerprint density at radius 1 is 1.31 bits per heavy atom. The van der Waals surface area contributed by atoms with Gasteiger partial charge in [-0.05, 0) is 38.5 Å². The standard InChI is InChI=1S/C25H36O7/c1-17-7-3-8-18-9-4-10-19(30-18)11-5-13-24(28)31-22(20(26)12-6-14-29-2)16-23-25(32-23)21(27)15-17/h4-6,10,12-13,18-23,25-27H,1,3,7-9,11,14-16H2,2H3/b12-6+,13-5-/t18-,19+,20+,21+,22+,23+,25+/m1/s1. The number of epoxide rings is 1. The van der Waals surface area contributed by atoms with Crippen molar-refractivity contribution in [3.63, 3.8) is 0 Å². The van der Waals surface area contributed by atoms with Crippen LogP contribution in [0, 0.1) is 0 Å². The molecule has 0 unspecified atom stereocenters. The SMILES string of the molecule is C=C1CCC[C@@H]2CC=C[C@@H](C/C=C\C(=O)O[C@H]([C@@H](O)/C=C/COC)C[C@@H]3O[C@H]3[C@@H](O)C1)O2. The normalized spacial score (nSPS) is 36.6. The minimum atomic E-state index is -1.00. The van der Waals surface area contributed by atoms with Crippen molar-refractivity contribution in [1.82, 2.24) is 0 Å². The van der Waals surface area contributed by atoms with Gasteiger partial charge in [-0.15, -0.1) is 0 Å². The van der Waals surface area contributed by atoms with Crippen LogP contribution >= 0.6 is 0 Å². The van der Waals surface area contributed by atoms with E-state index < -0.39 is 24.3 Å². The summed E-state index contributed by atoms with van der Waals surface area (Å²) in [5, 5.41) is 21.1. The van der Waals surface area contributed by atoms with Crippen molar-refractivity contribution in [3.8, 4) is 0 Å². The first-order valence-electron chi connectivity index (χ1n) is 11.5. The molecule has 3 aliphatic heterocycles.